The third-order valence-electron chi connectivity index (χ3n) is 5.41. The van der Waals surface area contributed by atoms with Crippen molar-refractivity contribution in [1.29, 1.82) is 0 Å². The molecule has 5 rings (SSSR count). The number of aromatic nitrogens is 3. The Labute approximate surface area is 194 Å². The van der Waals surface area contributed by atoms with E-state index in [0.29, 0.717) is 42.6 Å². The maximum atomic E-state index is 12.5. The van der Waals surface area contributed by atoms with Gasteiger partial charge in [-0.3, -0.25) is 4.79 Å². The van der Waals surface area contributed by atoms with Gasteiger partial charge < -0.3 is 24.5 Å². The summed E-state index contributed by atoms with van der Waals surface area (Å²) in [5, 5.41) is 8.08. The Morgan fingerprint density at radius 2 is 2.09 bits per heavy atom. The lowest BCUT2D eigenvalue weighted by Gasteiger charge is -2.11. The Morgan fingerprint density at radius 1 is 1.21 bits per heavy atom. The molecule has 1 unspecified atom stereocenters. The van der Waals surface area contributed by atoms with Gasteiger partial charge in [-0.2, -0.15) is 0 Å². The number of ether oxygens (including phenoxy) is 2. The minimum atomic E-state index is -0.230. The lowest BCUT2D eigenvalue weighted by molar-refractivity contribution is 0.0920. The number of amides is 1. The van der Waals surface area contributed by atoms with Crippen LogP contribution >= 0.6 is 11.6 Å². The molecule has 0 radical (unpaired) electrons. The number of benzene rings is 1. The van der Waals surface area contributed by atoms with E-state index in [-0.39, 0.29) is 29.6 Å². The molecule has 170 valence electrons. The van der Waals surface area contributed by atoms with Crippen LogP contribution in [0.5, 0.6) is 5.88 Å². The van der Waals surface area contributed by atoms with E-state index < -0.39 is 0 Å². The number of carbonyl (C=O) groups excluding carboxylic acids is 1. The average molecular weight is 468 g/mol. The second-order valence-corrected chi connectivity index (χ2v) is 8.09. The van der Waals surface area contributed by atoms with Gasteiger partial charge in [-0.15, -0.1) is 0 Å². The summed E-state index contributed by atoms with van der Waals surface area (Å²) in [4.78, 5) is 25.4. The highest BCUT2D eigenvalue weighted by Crippen LogP contribution is 2.37. The Bertz CT molecular complexity index is 1360. The molecule has 0 spiro atoms. The molecular formula is C23H22ClN5O4. The maximum Gasteiger partial charge on any atom is 0.289 e. The predicted molar refractivity (Wildman–Crippen MR) is 124 cm³/mol. The molecule has 1 amide bonds. The number of fused-ring (bicyclic) bond motifs is 5. The number of rotatable bonds is 6. The highest BCUT2D eigenvalue weighted by molar-refractivity contribution is 6.28. The molecule has 1 aromatic carbocycles. The molecule has 0 bridgehead atoms. The standard InChI is InChI=1S/C23H22ClN5O4/c1-3-31-10-13-9-26-23(24)29-16(13)11-32-18-7-4-14-15(28-18)5-6-17-19(14)20-21(33-17)22(30)27-12(2)8-25-20/h4-7,9,12,25H,3,8,10-11H2,1-2H3,(H,27,30). The molecule has 4 heterocycles. The van der Waals surface area contributed by atoms with Crippen LogP contribution in [0.4, 0.5) is 5.69 Å². The summed E-state index contributed by atoms with van der Waals surface area (Å²) in [6, 6.07) is 7.34. The molecular weight excluding hydrogens is 446 g/mol. The topological polar surface area (TPSA) is 111 Å². The van der Waals surface area contributed by atoms with E-state index in [1.807, 2.05) is 32.0 Å². The zero-order valence-corrected chi connectivity index (χ0v) is 18.9. The molecule has 0 aliphatic carbocycles. The van der Waals surface area contributed by atoms with Gasteiger partial charge in [0.2, 0.25) is 16.9 Å². The van der Waals surface area contributed by atoms with E-state index in [0.717, 1.165) is 21.9 Å². The minimum Gasteiger partial charge on any atom is -0.471 e. The van der Waals surface area contributed by atoms with Gasteiger partial charge in [0.1, 0.15) is 12.2 Å². The van der Waals surface area contributed by atoms with E-state index in [1.54, 1.807) is 12.3 Å². The van der Waals surface area contributed by atoms with Gasteiger partial charge in [0.25, 0.3) is 5.91 Å². The molecule has 3 aromatic heterocycles. The summed E-state index contributed by atoms with van der Waals surface area (Å²) in [5.74, 6) is 0.489. The zero-order valence-electron chi connectivity index (χ0n) is 18.1. The van der Waals surface area contributed by atoms with Crippen molar-refractivity contribution in [1.82, 2.24) is 20.3 Å². The number of halogens is 1. The summed E-state index contributed by atoms with van der Waals surface area (Å²) < 4.78 is 17.2. The first-order valence-corrected chi connectivity index (χ1v) is 11.0. The molecule has 0 saturated carbocycles. The van der Waals surface area contributed by atoms with Crippen LogP contribution in [0, 0.1) is 0 Å². The average Bonchev–Trinajstić information content (AvgIpc) is 3.13. The van der Waals surface area contributed by atoms with Crippen molar-refractivity contribution in [2.24, 2.45) is 0 Å². The fraction of sp³-hybridized carbons (Fsp3) is 0.304. The fourth-order valence-electron chi connectivity index (χ4n) is 3.80. The Hall–Kier alpha value is -3.43. The summed E-state index contributed by atoms with van der Waals surface area (Å²) in [7, 11) is 0. The van der Waals surface area contributed by atoms with Gasteiger partial charge >= 0.3 is 0 Å². The zero-order chi connectivity index (χ0) is 22.9. The van der Waals surface area contributed by atoms with E-state index in [1.165, 1.54) is 0 Å². The normalized spacial score (nSPS) is 15.7. The smallest absolute Gasteiger partial charge is 0.289 e. The molecule has 2 N–H and O–H groups in total. The number of furan rings is 1. The number of anilines is 1. The quantitative estimate of drug-likeness (QED) is 0.408. The second kappa shape index (κ2) is 8.84. The van der Waals surface area contributed by atoms with Crippen LogP contribution in [0.1, 0.15) is 35.7 Å². The van der Waals surface area contributed by atoms with E-state index in [9.17, 15) is 4.79 Å². The van der Waals surface area contributed by atoms with E-state index >= 15 is 0 Å². The van der Waals surface area contributed by atoms with Crippen molar-refractivity contribution in [3.05, 3.63) is 52.8 Å². The molecule has 1 aliphatic rings. The first-order chi connectivity index (χ1) is 16.0. The molecule has 10 heteroatoms. The van der Waals surface area contributed by atoms with Crippen molar-refractivity contribution in [2.45, 2.75) is 33.1 Å². The van der Waals surface area contributed by atoms with Crippen LogP contribution in [-0.4, -0.2) is 40.1 Å². The number of hydrogen-bond donors (Lipinski definition) is 2. The Kier molecular flexibility index (Phi) is 5.74. The van der Waals surface area contributed by atoms with Crippen LogP contribution in [0.3, 0.4) is 0 Å². The second-order valence-electron chi connectivity index (χ2n) is 7.75. The number of carbonyl (C=O) groups is 1. The monoisotopic (exact) mass is 467 g/mol. The van der Waals surface area contributed by atoms with Gasteiger partial charge in [-0.1, -0.05) is 0 Å². The Morgan fingerprint density at radius 3 is 2.94 bits per heavy atom. The number of nitrogens with one attached hydrogen (secondary N) is 2. The number of nitrogens with zero attached hydrogens (tertiary/aromatic N) is 3. The number of hydrogen-bond acceptors (Lipinski definition) is 8. The predicted octanol–water partition coefficient (Wildman–Crippen LogP) is 4.08. The Balaban J connectivity index is 1.46. The molecule has 1 atom stereocenters. The number of pyridine rings is 1. The first kappa shape index (κ1) is 21.4. The molecule has 0 fully saturated rings. The van der Waals surface area contributed by atoms with Crippen molar-refractivity contribution < 1.29 is 18.7 Å². The highest BCUT2D eigenvalue weighted by atomic mass is 35.5. The summed E-state index contributed by atoms with van der Waals surface area (Å²) in [5.41, 5.74) is 3.48. The van der Waals surface area contributed by atoms with Crippen molar-refractivity contribution in [3.63, 3.8) is 0 Å². The molecule has 9 nitrogen and oxygen atoms in total. The van der Waals surface area contributed by atoms with Gasteiger partial charge in [-0.05, 0) is 43.6 Å². The largest absolute Gasteiger partial charge is 0.471 e. The van der Waals surface area contributed by atoms with Gasteiger partial charge in [0.15, 0.2) is 0 Å². The van der Waals surface area contributed by atoms with Crippen LogP contribution in [0.2, 0.25) is 5.28 Å². The van der Waals surface area contributed by atoms with Crippen molar-refractivity contribution >= 4 is 45.1 Å². The SMILES string of the molecule is CCOCc1cnc(Cl)nc1COc1ccc2c(ccc3oc4c(c32)NCC(C)NC4=O)n1. The van der Waals surface area contributed by atoms with Gasteiger partial charge in [-0.25, -0.2) is 15.0 Å². The molecule has 1 aliphatic heterocycles. The summed E-state index contributed by atoms with van der Waals surface area (Å²) in [6.45, 7) is 5.59. The molecule has 0 saturated heterocycles. The van der Waals surface area contributed by atoms with Crippen LogP contribution in [0.25, 0.3) is 21.9 Å². The van der Waals surface area contributed by atoms with Crippen LogP contribution in [-0.2, 0) is 18.0 Å². The maximum absolute atomic E-state index is 12.5. The van der Waals surface area contributed by atoms with Crippen molar-refractivity contribution in [2.75, 3.05) is 18.5 Å². The van der Waals surface area contributed by atoms with E-state index in [4.69, 9.17) is 25.5 Å². The third kappa shape index (κ3) is 4.17. The first-order valence-electron chi connectivity index (χ1n) is 10.6. The molecule has 4 aromatic rings. The van der Waals surface area contributed by atoms with Crippen molar-refractivity contribution in [3.8, 4) is 5.88 Å². The lowest BCUT2D eigenvalue weighted by atomic mass is 10.1. The van der Waals surface area contributed by atoms with Crippen LogP contribution < -0.4 is 15.4 Å². The summed E-state index contributed by atoms with van der Waals surface area (Å²) >= 11 is 5.97. The van der Waals surface area contributed by atoms with Gasteiger partial charge in [0.05, 0.1) is 28.9 Å². The van der Waals surface area contributed by atoms with E-state index in [2.05, 4.69) is 25.6 Å². The third-order valence-corrected chi connectivity index (χ3v) is 5.59. The van der Waals surface area contributed by atoms with Gasteiger partial charge in [0, 0.05) is 42.4 Å². The lowest BCUT2D eigenvalue weighted by Crippen LogP contribution is -2.34. The summed E-state index contributed by atoms with van der Waals surface area (Å²) in [6.07, 6.45) is 1.64. The highest BCUT2D eigenvalue weighted by Gasteiger charge is 2.26. The minimum absolute atomic E-state index is 0.00818. The fourth-order valence-corrected chi connectivity index (χ4v) is 3.96. The van der Waals surface area contributed by atoms with Crippen LogP contribution in [0.15, 0.2) is 34.9 Å². The molecule has 33 heavy (non-hydrogen) atoms.